The van der Waals surface area contributed by atoms with E-state index in [1.165, 1.54) is 6.08 Å². The van der Waals surface area contributed by atoms with Gasteiger partial charge in [0.1, 0.15) is 0 Å². The summed E-state index contributed by atoms with van der Waals surface area (Å²) in [6, 6.07) is 0. The second-order valence-corrected chi connectivity index (χ2v) is 4.05. The third-order valence-electron chi connectivity index (χ3n) is 1.06. The molecule has 0 bridgehead atoms. The Kier molecular flexibility index (Phi) is 4.28. The molecule has 0 aliphatic rings. The summed E-state index contributed by atoms with van der Waals surface area (Å²) in [7, 11) is -3.51. The first-order chi connectivity index (χ1) is 5.58. The first-order valence-corrected chi connectivity index (χ1v) is 4.78. The van der Waals surface area contributed by atoms with Gasteiger partial charge in [0.25, 0.3) is 0 Å². The summed E-state index contributed by atoms with van der Waals surface area (Å²) in [6.45, 7) is 7.51. The largest absolute Gasteiger partial charge is 0.433 e. The molecule has 67 valence electrons. The van der Waals surface area contributed by atoms with Crippen molar-refractivity contribution in [1.29, 1.82) is 0 Å². The van der Waals surface area contributed by atoms with Crippen LogP contribution in [0, 0.1) is 0 Å². The summed E-state index contributed by atoms with van der Waals surface area (Å²) in [5.74, 6) is -0.259. The van der Waals surface area contributed by atoms with Crippen molar-refractivity contribution < 1.29 is 17.9 Å². The van der Waals surface area contributed by atoms with E-state index in [9.17, 15) is 13.2 Å². The predicted octanol–water partition coefficient (Wildman–Crippen LogP) is 0.183. The zero-order valence-corrected chi connectivity index (χ0v) is 7.21. The normalized spacial score (nSPS) is 13.0. The van der Waals surface area contributed by atoms with Crippen LogP contribution in [0.25, 0.3) is 0 Å². The topological polar surface area (TPSA) is 60.4 Å². The first-order valence-electron chi connectivity index (χ1n) is 3.06. The fraction of sp³-hybridized carbons (Fsp3) is 0.286. The molecule has 0 spiro atoms. The minimum atomic E-state index is -3.51. The lowest BCUT2D eigenvalue weighted by Crippen LogP contribution is -2.23. The second-order valence-electron chi connectivity index (χ2n) is 1.92. The number of rotatable bonds is 6. The lowest BCUT2D eigenvalue weighted by atomic mass is 10.7. The summed E-state index contributed by atoms with van der Waals surface area (Å²) >= 11 is 0. The molecule has 1 atom stereocenters. The third-order valence-corrected chi connectivity index (χ3v) is 2.76. The Morgan fingerprint density at radius 2 is 2.08 bits per heavy atom. The molecule has 1 radical (unpaired) electrons. The molecule has 0 heterocycles. The van der Waals surface area contributed by atoms with Crippen molar-refractivity contribution in [1.82, 2.24) is 0 Å². The summed E-state index contributed by atoms with van der Waals surface area (Å²) in [6.07, 6.45) is 2.23. The molecule has 0 aliphatic heterocycles. The monoisotopic (exact) mass is 189 g/mol. The molecular formula is C7H9O4S. The van der Waals surface area contributed by atoms with Crippen molar-refractivity contribution in [3.8, 4) is 0 Å². The zero-order chi connectivity index (χ0) is 9.61. The van der Waals surface area contributed by atoms with Crippen molar-refractivity contribution in [3.05, 3.63) is 25.3 Å². The summed E-state index contributed by atoms with van der Waals surface area (Å²) in [4.78, 5) is 9.74. The Hall–Kier alpha value is -1.10. The van der Waals surface area contributed by atoms with Gasteiger partial charge in [-0.1, -0.05) is 12.7 Å². The molecule has 0 amide bonds. The van der Waals surface area contributed by atoms with E-state index in [2.05, 4.69) is 17.9 Å². The molecule has 4 nitrogen and oxygen atoms in total. The van der Waals surface area contributed by atoms with Crippen LogP contribution in [0.2, 0.25) is 0 Å². The lowest BCUT2D eigenvalue weighted by Gasteiger charge is -2.08. The molecule has 0 N–H and O–H groups in total. The Labute approximate surface area is 71.5 Å². The molecule has 0 saturated heterocycles. The molecular weight excluding hydrogens is 180 g/mol. The van der Waals surface area contributed by atoms with Crippen molar-refractivity contribution >= 4 is 16.3 Å². The first kappa shape index (κ1) is 10.9. The highest BCUT2D eigenvalue weighted by Gasteiger charge is 2.21. The van der Waals surface area contributed by atoms with Gasteiger partial charge in [0, 0.05) is 0 Å². The van der Waals surface area contributed by atoms with E-state index in [0.717, 1.165) is 12.5 Å². The Morgan fingerprint density at radius 1 is 1.50 bits per heavy atom. The average Bonchev–Trinajstić information content (AvgIpc) is 1.99. The molecule has 0 aromatic carbocycles. The van der Waals surface area contributed by atoms with Crippen LogP contribution < -0.4 is 0 Å². The highest BCUT2D eigenvalue weighted by Crippen LogP contribution is 2.04. The van der Waals surface area contributed by atoms with Crippen LogP contribution in [0.4, 0.5) is 0 Å². The molecule has 0 saturated carbocycles. The number of carbonyl (C=O) groups excluding carboxylic acids is 1. The number of ether oxygens (including phenoxy) is 1. The molecule has 12 heavy (non-hydrogen) atoms. The smallest absolute Gasteiger partial charge is 0.419 e. The quantitative estimate of drug-likeness (QED) is 0.559. The van der Waals surface area contributed by atoms with Crippen molar-refractivity contribution in [2.24, 2.45) is 0 Å². The molecule has 0 aromatic rings. The van der Waals surface area contributed by atoms with E-state index < -0.39 is 15.3 Å². The van der Waals surface area contributed by atoms with Gasteiger partial charge in [0.2, 0.25) is 5.44 Å². The minimum Gasteiger partial charge on any atom is -0.433 e. The van der Waals surface area contributed by atoms with Gasteiger partial charge in [-0.05, 0) is 6.08 Å². The maximum Gasteiger partial charge on any atom is 0.419 e. The minimum absolute atomic E-state index is 0.259. The van der Waals surface area contributed by atoms with E-state index in [1.807, 2.05) is 0 Å². The van der Waals surface area contributed by atoms with Crippen LogP contribution in [0.1, 0.15) is 0 Å². The average molecular weight is 189 g/mol. The number of hydrogen-bond donors (Lipinski definition) is 0. The van der Waals surface area contributed by atoms with Gasteiger partial charge in [-0.25, -0.2) is 13.2 Å². The van der Waals surface area contributed by atoms with Crippen LogP contribution in [0.15, 0.2) is 25.3 Å². The highest BCUT2D eigenvalue weighted by atomic mass is 32.2. The van der Waals surface area contributed by atoms with Crippen LogP contribution in [0.5, 0.6) is 0 Å². The lowest BCUT2D eigenvalue weighted by molar-refractivity contribution is 0.278. The molecule has 0 aliphatic carbocycles. The van der Waals surface area contributed by atoms with Gasteiger partial charge in [0.15, 0.2) is 9.84 Å². The highest BCUT2D eigenvalue weighted by molar-refractivity contribution is 7.92. The number of sulfone groups is 1. The van der Waals surface area contributed by atoms with Crippen LogP contribution >= 0.6 is 0 Å². The van der Waals surface area contributed by atoms with Gasteiger partial charge < -0.3 is 4.74 Å². The van der Waals surface area contributed by atoms with E-state index >= 15 is 0 Å². The Bertz CT molecular complexity index is 265. The number of hydrogen-bond acceptors (Lipinski definition) is 4. The van der Waals surface area contributed by atoms with Crippen LogP contribution in [-0.4, -0.2) is 26.1 Å². The summed E-state index contributed by atoms with van der Waals surface area (Å²) in [5.41, 5.74) is -1.33. The molecule has 0 rings (SSSR count). The van der Waals surface area contributed by atoms with Crippen LogP contribution in [-0.2, 0) is 19.4 Å². The Morgan fingerprint density at radius 3 is 2.42 bits per heavy atom. The van der Waals surface area contributed by atoms with Crippen molar-refractivity contribution in [2.75, 3.05) is 5.75 Å². The fourth-order valence-corrected chi connectivity index (χ4v) is 1.57. The third kappa shape index (κ3) is 2.87. The molecule has 1 unspecified atom stereocenters. The molecule has 5 heteroatoms. The van der Waals surface area contributed by atoms with Crippen molar-refractivity contribution in [2.45, 2.75) is 5.44 Å². The Balaban J connectivity index is 4.58. The van der Waals surface area contributed by atoms with E-state index in [1.54, 1.807) is 0 Å². The van der Waals surface area contributed by atoms with E-state index in [0.29, 0.717) is 0 Å². The molecule has 0 aromatic heterocycles. The van der Waals surface area contributed by atoms with Gasteiger partial charge >= 0.3 is 6.47 Å². The SMILES string of the molecule is C=CCS(=O)(=O)C(C=C)O[C]=O. The van der Waals surface area contributed by atoms with Gasteiger partial charge in [-0.2, -0.15) is 0 Å². The summed E-state index contributed by atoms with van der Waals surface area (Å²) in [5, 5.41) is 0. The van der Waals surface area contributed by atoms with Gasteiger partial charge in [-0.3, -0.25) is 0 Å². The van der Waals surface area contributed by atoms with E-state index in [-0.39, 0.29) is 5.75 Å². The molecule has 0 fully saturated rings. The van der Waals surface area contributed by atoms with Crippen molar-refractivity contribution in [3.63, 3.8) is 0 Å². The second kappa shape index (κ2) is 4.71. The fourth-order valence-electron chi connectivity index (χ4n) is 0.575. The van der Waals surface area contributed by atoms with Gasteiger partial charge in [-0.15, -0.1) is 6.58 Å². The maximum atomic E-state index is 11.1. The predicted molar refractivity (Wildman–Crippen MR) is 44.7 cm³/mol. The maximum absolute atomic E-state index is 11.1. The van der Waals surface area contributed by atoms with Gasteiger partial charge in [0.05, 0.1) is 5.75 Å². The zero-order valence-electron chi connectivity index (χ0n) is 6.39. The summed E-state index contributed by atoms with van der Waals surface area (Å²) < 4.78 is 26.4. The standard InChI is InChI=1S/C7H9O4S/c1-3-5-12(9,10)7(4-2)11-6-8/h3-4,7H,1-2,5H2. The van der Waals surface area contributed by atoms with Crippen LogP contribution in [0.3, 0.4) is 0 Å². The van der Waals surface area contributed by atoms with E-state index in [4.69, 9.17) is 0 Å².